The highest BCUT2D eigenvalue weighted by Gasteiger charge is 2.34. The van der Waals surface area contributed by atoms with Crippen LogP contribution in [-0.4, -0.2) is 47.3 Å². The van der Waals surface area contributed by atoms with Crippen molar-refractivity contribution in [3.63, 3.8) is 0 Å². The summed E-state index contributed by atoms with van der Waals surface area (Å²) in [6.45, 7) is 5.80. The lowest BCUT2D eigenvalue weighted by atomic mass is 9.77. The van der Waals surface area contributed by atoms with Crippen molar-refractivity contribution in [3.8, 4) is 0 Å². The summed E-state index contributed by atoms with van der Waals surface area (Å²) in [6, 6.07) is 0. The third kappa shape index (κ3) is 4.48. The van der Waals surface area contributed by atoms with Crippen LogP contribution in [0.25, 0.3) is 0 Å². The van der Waals surface area contributed by atoms with Crippen molar-refractivity contribution in [1.82, 2.24) is 4.90 Å². The number of carboxylic acids is 1. The van der Waals surface area contributed by atoms with Crippen LogP contribution in [0.5, 0.6) is 0 Å². The monoisotopic (exact) mass is 241 g/mol. The fourth-order valence-electron chi connectivity index (χ4n) is 2.42. The normalized spacial score (nSPS) is 25.6. The number of hydrogen-bond donors (Lipinski definition) is 2. The van der Waals surface area contributed by atoms with E-state index in [2.05, 4.69) is 6.08 Å². The second-order valence-electron chi connectivity index (χ2n) is 5.35. The summed E-state index contributed by atoms with van der Waals surface area (Å²) >= 11 is 0. The van der Waals surface area contributed by atoms with Gasteiger partial charge in [0.1, 0.15) is 0 Å². The van der Waals surface area contributed by atoms with Gasteiger partial charge in [0.25, 0.3) is 0 Å². The second kappa shape index (κ2) is 6.17. The maximum absolute atomic E-state index is 10.7. The largest absolute Gasteiger partial charge is 0.480 e. The molecule has 98 valence electrons. The van der Waals surface area contributed by atoms with Crippen molar-refractivity contribution >= 4 is 5.97 Å². The first-order valence-corrected chi connectivity index (χ1v) is 6.16. The van der Waals surface area contributed by atoms with Crippen LogP contribution in [0.1, 0.15) is 33.1 Å². The summed E-state index contributed by atoms with van der Waals surface area (Å²) in [5, 5.41) is 18.4. The molecule has 2 N–H and O–H groups in total. The Kier molecular flexibility index (Phi) is 5.15. The van der Waals surface area contributed by atoms with Crippen molar-refractivity contribution in [3.05, 3.63) is 11.6 Å². The zero-order chi connectivity index (χ0) is 12.9. The van der Waals surface area contributed by atoms with E-state index in [0.717, 1.165) is 25.8 Å². The average molecular weight is 241 g/mol. The zero-order valence-corrected chi connectivity index (χ0v) is 10.8. The first-order valence-electron chi connectivity index (χ1n) is 6.16. The number of aliphatic hydroxyl groups excluding tert-OH is 1. The van der Waals surface area contributed by atoms with Gasteiger partial charge in [0.15, 0.2) is 0 Å². The van der Waals surface area contributed by atoms with Gasteiger partial charge in [-0.1, -0.05) is 11.6 Å². The zero-order valence-electron chi connectivity index (χ0n) is 10.8. The number of aliphatic hydroxyl groups is 1. The average Bonchev–Trinajstić information content (AvgIpc) is 2.26. The number of aliphatic carboxylic acids is 1. The first-order chi connectivity index (χ1) is 7.97. The molecule has 0 aromatic rings. The number of rotatable bonds is 5. The van der Waals surface area contributed by atoms with Gasteiger partial charge in [-0.05, 0) is 39.7 Å². The fourth-order valence-corrected chi connectivity index (χ4v) is 2.42. The summed E-state index contributed by atoms with van der Waals surface area (Å²) in [7, 11) is 0. The molecule has 0 bridgehead atoms. The van der Waals surface area contributed by atoms with Crippen LogP contribution >= 0.6 is 0 Å². The third-order valence-electron chi connectivity index (χ3n) is 3.38. The van der Waals surface area contributed by atoms with Gasteiger partial charge in [0, 0.05) is 12.0 Å². The lowest BCUT2D eigenvalue weighted by molar-refractivity contribution is -0.139. The van der Waals surface area contributed by atoms with E-state index in [1.165, 1.54) is 5.57 Å². The molecule has 4 heteroatoms. The number of likely N-dealkylation sites (tertiary alicyclic amines) is 1. The van der Waals surface area contributed by atoms with E-state index >= 15 is 0 Å². The lowest BCUT2D eigenvalue weighted by Crippen LogP contribution is -2.46. The minimum atomic E-state index is -0.791. The molecule has 0 aromatic carbocycles. The summed E-state index contributed by atoms with van der Waals surface area (Å²) < 4.78 is 0. The highest BCUT2D eigenvalue weighted by molar-refractivity contribution is 5.69. The molecule has 1 saturated heterocycles. The molecule has 1 aliphatic heterocycles. The molecule has 0 unspecified atom stereocenters. The van der Waals surface area contributed by atoms with Crippen molar-refractivity contribution < 1.29 is 15.0 Å². The Morgan fingerprint density at radius 1 is 1.47 bits per heavy atom. The molecule has 0 spiro atoms. The minimum absolute atomic E-state index is 0.0799. The summed E-state index contributed by atoms with van der Waals surface area (Å²) in [5.74, 6) is -0.791. The molecule has 1 fully saturated rings. The van der Waals surface area contributed by atoms with Gasteiger partial charge in [0.05, 0.1) is 13.2 Å². The molecule has 17 heavy (non-hydrogen) atoms. The van der Waals surface area contributed by atoms with Crippen LogP contribution in [0.15, 0.2) is 11.6 Å². The van der Waals surface area contributed by atoms with Crippen LogP contribution in [0.4, 0.5) is 0 Å². The summed E-state index contributed by atoms with van der Waals surface area (Å²) in [5.41, 5.74) is 1.10. The maximum Gasteiger partial charge on any atom is 0.317 e. The number of allylic oxidation sites excluding steroid dienone is 2. The molecule has 1 atom stereocenters. The SMILES string of the molecule is CC(C)=CC[C@@]1(CO)CCCN(CC(=O)O)C1. The van der Waals surface area contributed by atoms with Crippen molar-refractivity contribution in [2.75, 3.05) is 26.2 Å². The van der Waals surface area contributed by atoms with Crippen molar-refractivity contribution in [1.29, 1.82) is 0 Å². The van der Waals surface area contributed by atoms with Gasteiger partial charge in [-0.3, -0.25) is 9.69 Å². The first kappa shape index (κ1) is 14.2. The molecule has 0 saturated carbocycles. The number of piperidine rings is 1. The topological polar surface area (TPSA) is 60.8 Å². The molecular formula is C13H23NO3. The number of carbonyl (C=O) groups is 1. The van der Waals surface area contributed by atoms with Gasteiger partial charge >= 0.3 is 5.97 Å². The summed E-state index contributed by atoms with van der Waals surface area (Å²) in [6.07, 6.45) is 4.91. The Morgan fingerprint density at radius 2 is 2.18 bits per heavy atom. The van der Waals surface area contributed by atoms with Crippen LogP contribution in [-0.2, 0) is 4.79 Å². The van der Waals surface area contributed by atoms with E-state index < -0.39 is 5.97 Å². The standard InChI is InChI=1S/C13H23NO3/c1-11(2)4-6-13(10-15)5-3-7-14(9-13)8-12(16)17/h4,15H,3,5-10H2,1-2H3,(H,16,17)/t13-/m0/s1. The second-order valence-corrected chi connectivity index (χ2v) is 5.35. The smallest absolute Gasteiger partial charge is 0.317 e. The Balaban J connectivity index is 2.64. The van der Waals surface area contributed by atoms with Gasteiger partial charge in [-0.25, -0.2) is 0 Å². The fraction of sp³-hybridized carbons (Fsp3) is 0.769. The van der Waals surface area contributed by atoms with Crippen molar-refractivity contribution in [2.24, 2.45) is 5.41 Å². The molecule has 0 aromatic heterocycles. The molecule has 1 heterocycles. The molecule has 0 amide bonds. The summed E-state index contributed by atoms with van der Waals surface area (Å²) in [4.78, 5) is 12.6. The van der Waals surface area contributed by atoms with Gasteiger partial charge in [-0.2, -0.15) is 0 Å². The van der Waals surface area contributed by atoms with Crippen LogP contribution < -0.4 is 0 Å². The van der Waals surface area contributed by atoms with Gasteiger partial charge in [0.2, 0.25) is 0 Å². The molecule has 1 rings (SSSR count). The number of nitrogens with zero attached hydrogens (tertiary/aromatic N) is 1. The van der Waals surface area contributed by atoms with E-state index in [9.17, 15) is 9.90 Å². The Morgan fingerprint density at radius 3 is 2.71 bits per heavy atom. The van der Waals surface area contributed by atoms with Crippen LogP contribution in [0, 0.1) is 5.41 Å². The number of carboxylic acid groups (broad SMARTS) is 1. The van der Waals surface area contributed by atoms with Crippen LogP contribution in [0.2, 0.25) is 0 Å². The van der Waals surface area contributed by atoms with Gasteiger partial charge in [-0.15, -0.1) is 0 Å². The predicted molar refractivity (Wildman–Crippen MR) is 66.9 cm³/mol. The van der Waals surface area contributed by atoms with E-state index in [1.807, 2.05) is 18.7 Å². The molecule has 0 radical (unpaired) electrons. The van der Waals surface area contributed by atoms with E-state index in [-0.39, 0.29) is 18.6 Å². The minimum Gasteiger partial charge on any atom is -0.480 e. The van der Waals surface area contributed by atoms with Gasteiger partial charge < -0.3 is 10.2 Å². The van der Waals surface area contributed by atoms with E-state index in [4.69, 9.17) is 5.11 Å². The van der Waals surface area contributed by atoms with Crippen LogP contribution in [0.3, 0.4) is 0 Å². The van der Waals surface area contributed by atoms with E-state index in [1.54, 1.807) is 0 Å². The Bertz CT molecular complexity index is 297. The Hall–Kier alpha value is -0.870. The lowest BCUT2D eigenvalue weighted by Gasteiger charge is -2.41. The Labute approximate surface area is 103 Å². The third-order valence-corrected chi connectivity index (χ3v) is 3.38. The maximum atomic E-state index is 10.7. The predicted octanol–water partition coefficient (Wildman–Crippen LogP) is 1.50. The van der Waals surface area contributed by atoms with Crippen molar-refractivity contribution in [2.45, 2.75) is 33.1 Å². The number of hydrogen-bond acceptors (Lipinski definition) is 3. The quantitative estimate of drug-likeness (QED) is 0.716. The highest BCUT2D eigenvalue weighted by Crippen LogP contribution is 2.33. The molecule has 0 aliphatic carbocycles. The molecule has 1 aliphatic rings. The van der Waals surface area contributed by atoms with E-state index in [0.29, 0.717) is 6.54 Å². The molecular weight excluding hydrogens is 218 g/mol. The highest BCUT2D eigenvalue weighted by atomic mass is 16.4. The molecule has 4 nitrogen and oxygen atoms in total.